The van der Waals surface area contributed by atoms with Crippen molar-refractivity contribution in [1.82, 2.24) is 45.4 Å². The summed E-state index contributed by atoms with van der Waals surface area (Å²) in [4.78, 5) is 51.6. The number of fused-ring (bicyclic) bond motifs is 2. The van der Waals surface area contributed by atoms with Crippen LogP contribution in [-0.2, 0) is 16.1 Å². The van der Waals surface area contributed by atoms with Gasteiger partial charge in [0.05, 0.1) is 40.2 Å². The van der Waals surface area contributed by atoms with Crippen LogP contribution in [0.1, 0.15) is 86.8 Å². The number of rotatable bonds is 16. The van der Waals surface area contributed by atoms with Gasteiger partial charge in [0, 0.05) is 75.3 Å². The van der Waals surface area contributed by atoms with Gasteiger partial charge in [-0.25, -0.2) is 15.0 Å². The molecule has 4 aliphatic heterocycles. The lowest BCUT2D eigenvalue weighted by atomic mass is 9.91. The number of β-amino-alcohol motifs (C(OH)–C–C–N with tert-alkyl or cyclic N) is 1. The summed E-state index contributed by atoms with van der Waals surface area (Å²) < 4.78 is 11.7. The number of ether oxygens (including phenoxy) is 1. The molecule has 2 unspecified atom stereocenters. The highest BCUT2D eigenvalue weighted by Gasteiger charge is 2.44. The van der Waals surface area contributed by atoms with Crippen molar-refractivity contribution in [3.63, 3.8) is 0 Å². The number of nitrogens with zero attached hydrogens (tertiary/aromatic N) is 10. The van der Waals surface area contributed by atoms with Crippen LogP contribution < -0.4 is 25.6 Å². The number of thiazole rings is 1. The van der Waals surface area contributed by atoms with E-state index >= 15 is 0 Å². The number of hydrogen-bond donors (Lipinski definition) is 4. The Morgan fingerprint density at radius 3 is 2.41 bits per heavy atom. The minimum absolute atomic E-state index is 0.0620. The summed E-state index contributed by atoms with van der Waals surface area (Å²) >= 11 is 1.59. The molecule has 0 spiro atoms. The number of para-hydroxylation sites is 1. The monoisotopic (exact) mass is 982 g/mol. The van der Waals surface area contributed by atoms with Crippen molar-refractivity contribution in [2.75, 3.05) is 61.4 Å². The quantitative estimate of drug-likeness (QED) is 0.0796. The average Bonchev–Trinajstić information content (AvgIpc) is 4.18. The molecule has 2 bridgehead atoms. The van der Waals surface area contributed by atoms with E-state index in [2.05, 4.69) is 40.4 Å². The highest BCUT2D eigenvalue weighted by Crippen LogP contribution is 2.39. The maximum absolute atomic E-state index is 14.1. The number of amides is 2. The minimum atomic E-state index is -0.813. The van der Waals surface area contributed by atoms with Gasteiger partial charge in [-0.1, -0.05) is 50.2 Å². The third-order valence-electron chi connectivity index (χ3n) is 14.7. The summed E-state index contributed by atoms with van der Waals surface area (Å²) in [5, 5.41) is 36.7. The van der Waals surface area contributed by atoms with E-state index in [9.17, 15) is 19.8 Å². The molecule has 71 heavy (non-hydrogen) atoms. The van der Waals surface area contributed by atoms with Gasteiger partial charge in [0.25, 0.3) is 5.88 Å². The molecular weight excluding hydrogens is 921 g/mol. The van der Waals surface area contributed by atoms with E-state index in [1.807, 2.05) is 81.1 Å². The van der Waals surface area contributed by atoms with Gasteiger partial charge < -0.3 is 50.1 Å². The fourth-order valence-electron chi connectivity index (χ4n) is 10.9. The van der Waals surface area contributed by atoms with Crippen LogP contribution in [0.4, 0.5) is 17.5 Å². The van der Waals surface area contributed by atoms with Crippen LogP contribution in [0.2, 0.25) is 0 Å². The van der Waals surface area contributed by atoms with Gasteiger partial charge in [-0.15, -0.1) is 21.5 Å². The smallest absolute Gasteiger partial charge is 0.254 e. The van der Waals surface area contributed by atoms with Crippen LogP contribution in [-0.4, -0.2) is 132 Å². The van der Waals surface area contributed by atoms with Crippen LogP contribution in [0, 0.1) is 12.8 Å². The molecule has 5 N–H and O–H groups in total. The maximum Gasteiger partial charge on any atom is 0.254 e. The third-order valence-corrected chi connectivity index (χ3v) is 15.6. The number of likely N-dealkylation sites (tertiary alicyclic amines) is 2. The molecule has 19 heteroatoms. The number of nitrogen functional groups attached to an aromatic ring is 1. The predicted molar refractivity (Wildman–Crippen MR) is 270 cm³/mol. The molecule has 4 aromatic heterocycles. The first-order valence-electron chi connectivity index (χ1n) is 24.8. The summed E-state index contributed by atoms with van der Waals surface area (Å²) in [6, 6.07) is 18.4. The Balaban J connectivity index is 0.666. The Labute approximate surface area is 417 Å². The predicted octanol–water partition coefficient (Wildman–Crippen LogP) is 6.17. The lowest BCUT2D eigenvalue weighted by Crippen LogP contribution is -2.54. The van der Waals surface area contributed by atoms with E-state index in [1.54, 1.807) is 29.5 Å². The number of piperidine rings is 1. The largest absolute Gasteiger partial charge is 0.507 e. The van der Waals surface area contributed by atoms with Gasteiger partial charge in [-0.2, -0.15) is 0 Å². The highest BCUT2D eigenvalue weighted by molar-refractivity contribution is 7.13. The standard InChI is InChI=1S/C52H62N12O6S/c1-31(2)47(51(68)63-29-39(65)21-43(63)50(67)54-24-33-9-11-35(12-10-33)48-32(3)57-30-71-48)45-23-46(60-70-45)69-20-6-17-61-18-15-34(16-19-61)36-25-55-52(56-26-36)64-37-13-14-38(64)28-62(27-37)42-22-41(58-59-49(42)53)40-7-4-5-8-44(40)66/h4-5,7-12,22-23,25-26,30-31,34,37-39,43,47,65-66H,6,13-21,24,27-29H2,1-3H3,(H2,53,59)(H,54,67)/t37?,38?,39-,43+,47+/m1/s1. The normalized spacial score (nSPS) is 21.0. The second kappa shape index (κ2) is 20.9. The lowest BCUT2D eigenvalue weighted by Gasteiger charge is -2.42. The zero-order valence-electron chi connectivity index (χ0n) is 40.4. The molecule has 18 nitrogen and oxygen atoms in total. The Kier molecular flexibility index (Phi) is 14.1. The molecule has 0 radical (unpaired) electrons. The van der Waals surface area contributed by atoms with Crippen LogP contribution in [0.15, 0.2) is 83.1 Å². The van der Waals surface area contributed by atoms with Crippen molar-refractivity contribution in [2.24, 2.45) is 5.92 Å². The third kappa shape index (κ3) is 10.4. The van der Waals surface area contributed by atoms with Crippen molar-refractivity contribution in [3.8, 4) is 33.3 Å². The molecule has 5 atom stereocenters. The molecule has 372 valence electrons. The van der Waals surface area contributed by atoms with Crippen molar-refractivity contribution >= 4 is 40.6 Å². The van der Waals surface area contributed by atoms with Crippen molar-refractivity contribution in [3.05, 3.63) is 101 Å². The molecule has 4 aliphatic rings. The second-order valence-corrected chi connectivity index (χ2v) is 20.6. The zero-order valence-corrected chi connectivity index (χ0v) is 41.2. The van der Waals surface area contributed by atoms with E-state index in [-0.39, 0.29) is 48.5 Å². The molecule has 6 aromatic rings. The van der Waals surface area contributed by atoms with Gasteiger partial charge >= 0.3 is 0 Å². The van der Waals surface area contributed by atoms with E-state index < -0.39 is 18.1 Å². The van der Waals surface area contributed by atoms with Crippen molar-refractivity contribution in [2.45, 2.75) is 102 Å². The fourth-order valence-corrected chi connectivity index (χ4v) is 11.7. The zero-order chi connectivity index (χ0) is 49.2. The number of aromatic nitrogens is 6. The number of phenols is 1. The first-order chi connectivity index (χ1) is 34.5. The molecule has 4 saturated heterocycles. The highest BCUT2D eigenvalue weighted by atomic mass is 32.1. The average molecular weight is 983 g/mol. The van der Waals surface area contributed by atoms with E-state index in [0.717, 1.165) is 98.2 Å². The van der Waals surface area contributed by atoms with E-state index in [4.69, 9.17) is 25.0 Å². The van der Waals surface area contributed by atoms with Gasteiger partial charge in [-0.3, -0.25) is 9.59 Å². The number of benzene rings is 2. The number of carbonyl (C=O) groups is 2. The molecule has 2 amide bonds. The van der Waals surface area contributed by atoms with Crippen molar-refractivity contribution < 1.29 is 29.1 Å². The first kappa shape index (κ1) is 48.0. The molecule has 4 fully saturated rings. The SMILES string of the molecule is Cc1ncsc1-c1ccc(CNC(=O)[C@@H]2C[C@@H](O)CN2C(=O)[C@H](c2cc(OCCCN3CCC(c4cnc(N5C6CCC5CN(c5cc(-c7ccccc7O)nnc5N)C6)nc4)CC3)no2)C(C)C)cc1. The van der Waals surface area contributed by atoms with E-state index in [1.165, 1.54) is 10.5 Å². The number of aliphatic hydroxyl groups is 1. The molecule has 0 saturated carbocycles. The Bertz CT molecular complexity index is 2780. The van der Waals surface area contributed by atoms with Crippen LogP contribution in [0.3, 0.4) is 0 Å². The Hall–Kier alpha value is -6.70. The molecule has 0 aliphatic carbocycles. The van der Waals surface area contributed by atoms with Gasteiger partial charge in [0.1, 0.15) is 17.7 Å². The van der Waals surface area contributed by atoms with Gasteiger partial charge in [-0.05, 0) is 104 Å². The number of piperazine rings is 1. The second-order valence-electron chi connectivity index (χ2n) is 19.7. The van der Waals surface area contributed by atoms with Crippen LogP contribution in [0.5, 0.6) is 11.6 Å². The van der Waals surface area contributed by atoms with Crippen LogP contribution >= 0.6 is 11.3 Å². The number of nitrogens with two attached hydrogens (primary N) is 1. The van der Waals surface area contributed by atoms with E-state index in [0.29, 0.717) is 47.8 Å². The first-order valence-corrected chi connectivity index (χ1v) is 25.7. The fraction of sp³-hybridized carbons (Fsp3) is 0.462. The summed E-state index contributed by atoms with van der Waals surface area (Å²) in [5.74, 6) is 0.920. The number of carbonyl (C=O) groups excluding carboxylic acids is 2. The minimum Gasteiger partial charge on any atom is -0.507 e. The number of hydrogen-bond acceptors (Lipinski definition) is 17. The Morgan fingerprint density at radius 1 is 0.958 bits per heavy atom. The van der Waals surface area contributed by atoms with Gasteiger partial charge in [0.15, 0.2) is 11.6 Å². The summed E-state index contributed by atoms with van der Waals surface area (Å²) in [7, 11) is 0. The number of anilines is 3. The number of aryl methyl sites for hydroxylation is 1. The topological polar surface area (TPSA) is 225 Å². The lowest BCUT2D eigenvalue weighted by molar-refractivity contribution is -0.141. The summed E-state index contributed by atoms with van der Waals surface area (Å²) in [5.41, 5.74) is 14.4. The maximum atomic E-state index is 14.1. The molecule has 2 aromatic carbocycles. The molecule has 8 heterocycles. The molecule has 10 rings (SSSR count). The summed E-state index contributed by atoms with van der Waals surface area (Å²) in [6.45, 7) is 11.0. The van der Waals surface area contributed by atoms with Crippen LogP contribution in [0.25, 0.3) is 21.7 Å². The number of phenolic OH excluding ortho intramolecular Hbond substituents is 1. The van der Waals surface area contributed by atoms with Gasteiger partial charge in [0.2, 0.25) is 17.8 Å². The Morgan fingerprint density at radius 2 is 1.70 bits per heavy atom. The number of aromatic hydroxyl groups is 1. The summed E-state index contributed by atoms with van der Waals surface area (Å²) in [6.07, 6.45) is 8.31. The van der Waals surface area contributed by atoms with Crippen molar-refractivity contribution in [1.29, 1.82) is 0 Å². The number of aliphatic hydroxyl groups excluding tert-OH is 1. The molecular formula is C52H62N12O6S. The number of nitrogens with one attached hydrogen (secondary N) is 1.